The van der Waals surface area contributed by atoms with Gasteiger partial charge in [0.2, 0.25) is 0 Å². The molecule has 2 rings (SSSR count). The molecule has 0 saturated heterocycles. The van der Waals surface area contributed by atoms with Gasteiger partial charge < -0.3 is 10.1 Å². The van der Waals surface area contributed by atoms with Crippen molar-refractivity contribution in [3.8, 4) is 0 Å². The summed E-state index contributed by atoms with van der Waals surface area (Å²) in [5.41, 5.74) is 2.23. The first kappa shape index (κ1) is 17.3. The average molecular weight is 386 g/mol. The van der Waals surface area contributed by atoms with Crippen molar-refractivity contribution in [2.75, 3.05) is 5.75 Å². The fraction of sp³-hybridized carbons (Fsp3) is 0.500. The number of amides is 1. The van der Waals surface area contributed by atoms with E-state index in [4.69, 9.17) is 4.74 Å². The van der Waals surface area contributed by atoms with Gasteiger partial charge in [-0.3, -0.25) is 9.59 Å². The third-order valence-electron chi connectivity index (χ3n) is 3.40. The molecule has 1 N–H and O–H groups in total. The molecule has 0 aliphatic heterocycles. The molecule has 0 bridgehead atoms. The maximum atomic E-state index is 11.9. The van der Waals surface area contributed by atoms with Crippen molar-refractivity contribution < 1.29 is 14.3 Å². The highest BCUT2D eigenvalue weighted by Gasteiger charge is 2.27. The summed E-state index contributed by atoms with van der Waals surface area (Å²) in [6.45, 7) is 5.62. The quantitative estimate of drug-likeness (QED) is 0.602. The molecule has 1 atom stereocenters. The monoisotopic (exact) mass is 385 g/mol. The fourth-order valence-corrected chi connectivity index (χ4v) is 3.22. The zero-order valence-electron chi connectivity index (χ0n) is 12.9. The summed E-state index contributed by atoms with van der Waals surface area (Å²) in [6.07, 6.45) is 1.30. The Morgan fingerprint density at radius 2 is 2.05 bits per heavy atom. The lowest BCUT2D eigenvalue weighted by molar-refractivity contribution is -0.152. The Labute approximate surface area is 143 Å². The van der Waals surface area contributed by atoms with E-state index in [1.807, 2.05) is 26.0 Å². The summed E-state index contributed by atoms with van der Waals surface area (Å²) < 4.78 is 6.23. The number of ether oxygens (including phenoxy) is 1. The summed E-state index contributed by atoms with van der Waals surface area (Å²) in [6, 6.07) is 4.35. The van der Waals surface area contributed by atoms with Gasteiger partial charge in [0, 0.05) is 15.4 Å². The van der Waals surface area contributed by atoms with Crippen LogP contribution in [0.4, 0.5) is 0 Å². The first-order valence-electron chi connectivity index (χ1n) is 7.26. The Morgan fingerprint density at radius 1 is 1.36 bits per heavy atom. The molecule has 0 radical (unpaired) electrons. The van der Waals surface area contributed by atoms with Gasteiger partial charge in [-0.2, -0.15) is 0 Å². The second-order valence-corrected chi connectivity index (χ2v) is 7.44. The van der Waals surface area contributed by atoms with Gasteiger partial charge in [0.15, 0.2) is 6.10 Å². The fourth-order valence-electron chi connectivity index (χ4n) is 1.88. The number of aryl methyl sites for hydroxylation is 2. The molecule has 6 heteroatoms. The summed E-state index contributed by atoms with van der Waals surface area (Å²) in [5, 5.41) is 2.83. The van der Waals surface area contributed by atoms with Crippen LogP contribution in [0, 0.1) is 13.8 Å². The van der Waals surface area contributed by atoms with E-state index in [-0.39, 0.29) is 23.7 Å². The topological polar surface area (TPSA) is 55.4 Å². The minimum Gasteiger partial charge on any atom is -0.452 e. The predicted octanol–water partition coefficient (Wildman–Crippen LogP) is 3.37. The van der Waals surface area contributed by atoms with Crippen molar-refractivity contribution in [3.05, 3.63) is 27.7 Å². The molecule has 0 spiro atoms. The molecule has 0 aromatic heterocycles. The third kappa shape index (κ3) is 5.02. The number of carbonyl (C=O) groups excluding carboxylic acids is 2. The van der Waals surface area contributed by atoms with E-state index in [2.05, 4.69) is 21.2 Å². The van der Waals surface area contributed by atoms with Crippen molar-refractivity contribution in [2.24, 2.45) is 0 Å². The number of esters is 1. The number of hydrogen-bond donors (Lipinski definition) is 1. The van der Waals surface area contributed by atoms with Gasteiger partial charge in [0.1, 0.15) is 0 Å². The zero-order chi connectivity index (χ0) is 16.3. The van der Waals surface area contributed by atoms with Gasteiger partial charge in [-0.05, 0) is 56.9 Å². The Bertz CT molecular complexity index is 587. The second kappa shape index (κ2) is 7.51. The normalized spacial score (nSPS) is 15.3. The van der Waals surface area contributed by atoms with Crippen LogP contribution in [0.15, 0.2) is 21.5 Å². The summed E-state index contributed by atoms with van der Waals surface area (Å²) in [5.74, 6) is -0.386. The first-order valence-corrected chi connectivity index (χ1v) is 9.04. The molecule has 4 nitrogen and oxygen atoms in total. The van der Waals surface area contributed by atoms with Crippen molar-refractivity contribution in [3.63, 3.8) is 0 Å². The lowest BCUT2D eigenvalue weighted by Gasteiger charge is -2.13. The van der Waals surface area contributed by atoms with E-state index in [0.29, 0.717) is 0 Å². The van der Waals surface area contributed by atoms with Crippen molar-refractivity contribution >= 4 is 39.6 Å². The number of nitrogens with one attached hydrogen (secondary N) is 1. The first-order chi connectivity index (χ1) is 10.4. The third-order valence-corrected chi connectivity index (χ3v) is 5.39. The molecule has 120 valence electrons. The summed E-state index contributed by atoms with van der Waals surface area (Å²) >= 11 is 4.92. The van der Waals surface area contributed by atoms with Crippen LogP contribution in [0.3, 0.4) is 0 Å². The number of carbonyl (C=O) groups is 2. The van der Waals surface area contributed by atoms with Crippen LogP contribution in [-0.2, 0) is 14.3 Å². The minimum atomic E-state index is -0.735. The smallest absolute Gasteiger partial charge is 0.317 e. The Morgan fingerprint density at radius 3 is 2.68 bits per heavy atom. The number of rotatable bonds is 6. The van der Waals surface area contributed by atoms with Crippen LogP contribution in [0.25, 0.3) is 0 Å². The van der Waals surface area contributed by atoms with Crippen LogP contribution in [0.5, 0.6) is 0 Å². The van der Waals surface area contributed by atoms with Crippen LogP contribution in [0.1, 0.15) is 30.9 Å². The summed E-state index contributed by atoms with van der Waals surface area (Å²) in [4.78, 5) is 24.7. The van der Waals surface area contributed by atoms with Gasteiger partial charge in [0.25, 0.3) is 5.91 Å². The van der Waals surface area contributed by atoms with E-state index in [9.17, 15) is 9.59 Å². The van der Waals surface area contributed by atoms with Crippen molar-refractivity contribution in [1.29, 1.82) is 0 Å². The predicted molar refractivity (Wildman–Crippen MR) is 91.1 cm³/mol. The lowest BCUT2D eigenvalue weighted by Crippen LogP contribution is -2.37. The van der Waals surface area contributed by atoms with Crippen molar-refractivity contribution in [2.45, 2.75) is 50.7 Å². The molecule has 0 unspecified atom stereocenters. The lowest BCUT2D eigenvalue weighted by atomic mass is 10.2. The molecule has 1 amide bonds. The molecule has 1 aromatic carbocycles. The second-order valence-electron chi connectivity index (χ2n) is 5.57. The molecule has 1 aliphatic rings. The van der Waals surface area contributed by atoms with E-state index in [0.717, 1.165) is 33.3 Å². The molecule has 1 aromatic rings. The van der Waals surface area contributed by atoms with Crippen LogP contribution in [-0.4, -0.2) is 29.8 Å². The number of hydrogen-bond acceptors (Lipinski definition) is 4. The average Bonchev–Trinajstić information content (AvgIpc) is 3.25. The highest BCUT2D eigenvalue weighted by atomic mass is 79.9. The number of halogens is 1. The van der Waals surface area contributed by atoms with Gasteiger partial charge in [-0.15, -0.1) is 11.8 Å². The Balaban J connectivity index is 1.82. The van der Waals surface area contributed by atoms with Crippen LogP contribution >= 0.6 is 27.7 Å². The minimum absolute atomic E-state index is 0.197. The maximum absolute atomic E-state index is 11.9. The van der Waals surface area contributed by atoms with Crippen LogP contribution < -0.4 is 5.32 Å². The molecule has 22 heavy (non-hydrogen) atoms. The van der Waals surface area contributed by atoms with E-state index in [1.54, 1.807) is 6.92 Å². The zero-order valence-corrected chi connectivity index (χ0v) is 15.3. The highest BCUT2D eigenvalue weighted by molar-refractivity contribution is 9.10. The molecule has 1 saturated carbocycles. The maximum Gasteiger partial charge on any atom is 0.317 e. The SMILES string of the molecule is Cc1cc(SCC(=O)O[C@@H](C)C(=O)NC2CC2)c(C)cc1Br. The van der Waals surface area contributed by atoms with Crippen molar-refractivity contribution in [1.82, 2.24) is 5.32 Å². The Kier molecular flexibility index (Phi) is 5.92. The van der Waals surface area contributed by atoms with Gasteiger partial charge >= 0.3 is 5.97 Å². The number of thioether (sulfide) groups is 1. The highest BCUT2D eigenvalue weighted by Crippen LogP contribution is 2.28. The Hall–Kier alpha value is -1.01. The van der Waals surface area contributed by atoms with Crippen LogP contribution in [0.2, 0.25) is 0 Å². The van der Waals surface area contributed by atoms with Gasteiger partial charge in [-0.1, -0.05) is 15.9 Å². The molecule has 0 heterocycles. The standard InChI is InChI=1S/C16H20BrNO3S/c1-9-7-14(10(2)6-13(9)17)22-8-15(19)21-11(3)16(20)18-12-4-5-12/h6-7,11-12H,4-5,8H2,1-3H3,(H,18,20)/t11-/m0/s1. The van der Waals surface area contributed by atoms with E-state index >= 15 is 0 Å². The molecule has 1 aliphatic carbocycles. The summed E-state index contributed by atoms with van der Waals surface area (Å²) in [7, 11) is 0. The van der Waals surface area contributed by atoms with E-state index in [1.165, 1.54) is 11.8 Å². The van der Waals surface area contributed by atoms with Gasteiger partial charge in [0.05, 0.1) is 5.75 Å². The molecular weight excluding hydrogens is 366 g/mol. The van der Waals surface area contributed by atoms with Gasteiger partial charge in [-0.25, -0.2) is 0 Å². The largest absolute Gasteiger partial charge is 0.452 e. The number of benzene rings is 1. The molecular formula is C16H20BrNO3S. The van der Waals surface area contributed by atoms with E-state index < -0.39 is 6.10 Å². The molecule has 1 fully saturated rings.